The molecule has 0 aliphatic carbocycles. The third kappa shape index (κ3) is 3.71. The molecule has 5 heteroatoms. The van der Waals surface area contributed by atoms with Crippen molar-refractivity contribution in [3.05, 3.63) is 53.3 Å². The average Bonchev–Trinajstić information content (AvgIpc) is 2.42. The third-order valence-electron chi connectivity index (χ3n) is 2.48. The first kappa shape index (κ1) is 14.3. The van der Waals surface area contributed by atoms with E-state index in [1.165, 1.54) is 6.20 Å². The lowest BCUT2D eigenvalue weighted by atomic mass is 10.2. The highest BCUT2D eigenvalue weighted by Crippen LogP contribution is 2.28. The first-order valence-electron chi connectivity index (χ1n) is 6.24. The van der Waals surface area contributed by atoms with Crippen LogP contribution >= 0.6 is 11.6 Å². The largest absolute Gasteiger partial charge is 0.489 e. The van der Waals surface area contributed by atoms with Crippen molar-refractivity contribution < 1.29 is 9.53 Å². The van der Waals surface area contributed by atoms with Crippen LogP contribution in [0.2, 0.25) is 5.02 Å². The minimum absolute atomic E-state index is 0.0448. The topological polar surface area (TPSA) is 51.2 Å². The Morgan fingerprint density at radius 3 is 2.75 bits per heavy atom. The summed E-state index contributed by atoms with van der Waals surface area (Å²) in [4.78, 5) is 15.9. The summed E-state index contributed by atoms with van der Waals surface area (Å²) in [6.45, 7) is 3.85. The lowest BCUT2D eigenvalue weighted by Crippen LogP contribution is -2.12. The summed E-state index contributed by atoms with van der Waals surface area (Å²) in [6.07, 6.45) is 3.17. The average molecular weight is 291 g/mol. The predicted molar refractivity (Wildman–Crippen MR) is 79.4 cm³/mol. The van der Waals surface area contributed by atoms with Gasteiger partial charge in [-0.1, -0.05) is 11.6 Å². The monoisotopic (exact) mass is 290 g/mol. The standard InChI is InChI=1S/C15H15ClN2O2/c1-10(2)20-14-6-5-12(8-13(14)16)18-15(19)11-4-3-7-17-9-11/h3-10H,1-2H3,(H,18,19). The fourth-order valence-electron chi connectivity index (χ4n) is 1.63. The molecule has 2 aromatic rings. The van der Waals surface area contributed by atoms with Crippen molar-refractivity contribution >= 4 is 23.2 Å². The Kier molecular flexibility index (Phi) is 4.58. The van der Waals surface area contributed by atoms with E-state index in [0.717, 1.165) is 0 Å². The van der Waals surface area contributed by atoms with E-state index in [2.05, 4.69) is 10.3 Å². The van der Waals surface area contributed by atoms with E-state index in [9.17, 15) is 4.79 Å². The number of anilines is 1. The smallest absolute Gasteiger partial charge is 0.257 e. The highest BCUT2D eigenvalue weighted by atomic mass is 35.5. The van der Waals surface area contributed by atoms with Crippen LogP contribution in [-0.2, 0) is 0 Å². The Hall–Kier alpha value is -2.07. The molecule has 0 aliphatic heterocycles. The molecular formula is C15H15ClN2O2. The van der Waals surface area contributed by atoms with Crippen molar-refractivity contribution in [2.75, 3.05) is 5.32 Å². The molecule has 0 aliphatic rings. The van der Waals surface area contributed by atoms with Crippen molar-refractivity contribution in [2.45, 2.75) is 20.0 Å². The number of rotatable bonds is 4. The second-order valence-corrected chi connectivity index (χ2v) is 4.91. The molecule has 0 atom stereocenters. The maximum Gasteiger partial charge on any atom is 0.257 e. The summed E-state index contributed by atoms with van der Waals surface area (Å²) < 4.78 is 5.53. The summed E-state index contributed by atoms with van der Waals surface area (Å²) >= 11 is 6.11. The van der Waals surface area contributed by atoms with E-state index in [0.29, 0.717) is 22.0 Å². The Morgan fingerprint density at radius 2 is 2.15 bits per heavy atom. The molecule has 0 bridgehead atoms. The van der Waals surface area contributed by atoms with Crippen molar-refractivity contribution in [1.29, 1.82) is 0 Å². The van der Waals surface area contributed by atoms with Crippen LogP contribution in [0.25, 0.3) is 0 Å². The molecule has 1 amide bonds. The van der Waals surface area contributed by atoms with Gasteiger partial charge in [-0.2, -0.15) is 0 Å². The van der Waals surface area contributed by atoms with E-state index >= 15 is 0 Å². The summed E-state index contributed by atoms with van der Waals surface area (Å²) in [5, 5.41) is 3.22. The first-order valence-corrected chi connectivity index (χ1v) is 6.61. The Bertz CT molecular complexity index is 600. The molecule has 1 aromatic carbocycles. The van der Waals surface area contributed by atoms with Crippen LogP contribution in [0.3, 0.4) is 0 Å². The normalized spacial score (nSPS) is 10.4. The number of carbonyl (C=O) groups excluding carboxylic acids is 1. The van der Waals surface area contributed by atoms with E-state index in [-0.39, 0.29) is 12.0 Å². The van der Waals surface area contributed by atoms with E-state index in [4.69, 9.17) is 16.3 Å². The number of nitrogens with zero attached hydrogens (tertiary/aromatic N) is 1. The van der Waals surface area contributed by atoms with Gasteiger partial charge in [0.1, 0.15) is 5.75 Å². The summed E-state index contributed by atoms with van der Waals surface area (Å²) in [6, 6.07) is 8.55. The van der Waals surface area contributed by atoms with Gasteiger partial charge < -0.3 is 10.1 Å². The molecule has 1 aromatic heterocycles. The number of aromatic nitrogens is 1. The van der Waals surface area contributed by atoms with Crippen LogP contribution in [0.4, 0.5) is 5.69 Å². The molecule has 0 spiro atoms. The number of pyridine rings is 1. The lowest BCUT2D eigenvalue weighted by molar-refractivity contribution is 0.102. The zero-order valence-corrected chi connectivity index (χ0v) is 12.0. The van der Waals surface area contributed by atoms with E-state index in [1.807, 2.05) is 13.8 Å². The molecule has 20 heavy (non-hydrogen) atoms. The molecule has 104 valence electrons. The lowest BCUT2D eigenvalue weighted by Gasteiger charge is -2.12. The van der Waals surface area contributed by atoms with Crippen LogP contribution in [0.1, 0.15) is 24.2 Å². The zero-order chi connectivity index (χ0) is 14.5. The molecule has 4 nitrogen and oxygen atoms in total. The number of hydrogen-bond donors (Lipinski definition) is 1. The predicted octanol–water partition coefficient (Wildman–Crippen LogP) is 3.77. The summed E-state index contributed by atoms with van der Waals surface area (Å²) in [5.74, 6) is 0.368. The second kappa shape index (κ2) is 6.39. The second-order valence-electron chi connectivity index (χ2n) is 4.51. The molecule has 0 unspecified atom stereocenters. The van der Waals surface area contributed by atoms with E-state index < -0.39 is 0 Å². The minimum Gasteiger partial charge on any atom is -0.489 e. The van der Waals surface area contributed by atoms with Gasteiger partial charge in [0.25, 0.3) is 5.91 Å². The van der Waals surface area contributed by atoms with E-state index in [1.54, 1.807) is 36.5 Å². The number of halogens is 1. The van der Waals surface area contributed by atoms with Crippen molar-refractivity contribution in [3.8, 4) is 5.75 Å². The van der Waals surface area contributed by atoms with Gasteiger partial charge >= 0.3 is 0 Å². The van der Waals surface area contributed by atoms with Gasteiger partial charge in [-0.25, -0.2) is 0 Å². The molecule has 1 heterocycles. The van der Waals surface area contributed by atoms with Gasteiger partial charge in [-0.3, -0.25) is 9.78 Å². The zero-order valence-electron chi connectivity index (χ0n) is 11.3. The molecule has 0 saturated heterocycles. The van der Waals surface area contributed by atoms with Crippen LogP contribution in [0, 0.1) is 0 Å². The Balaban J connectivity index is 2.11. The van der Waals surface area contributed by atoms with Gasteiger partial charge in [-0.15, -0.1) is 0 Å². The fourth-order valence-corrected chi connectivity index (χ4v) is 1.85. The summed E-state index contributed by atoms with van der Waals surface area (Å²) in [7, 11) is 0. The Morgan fingerprint density at radius 1 is 1.35 bits per heavy atom. The summed E-state index contributed by atoms with van der Waals surface area (Å²) in [5.41, 5.74) is 1.10. The number of benzene rings is 1. The van der Waals surface area contributed by atoms with Crippen molar-refractivity contribution in [2.24, 2.45) is 0 Å². The van der Waals surface area contributed by atoms with Crippen LogP contribution < -0.4 is 10.1 Å². The van der Waals surface area contributed by atoms with Gasteiger partial charge in [0.15, 0.2) is 0 Å². The van der Waals surface area contributed by atoms with Gasteiger partial charge in [-0.05, 0) is 44.2 Å². The molecule has 0 fully saturated rings. The third-order valence-corrected chi connectivity index (χ3v) is 2.77. The highest BCUT2D eigenvalue weighted by Gasteiger charge is 2.09. The molecule has 0 radical (unpaired) electrons. The maximum atomic E-state index is 12.0. The fraction of sp³-hybridized carbons (Fsp3) is 0.200. The molecule has 0 saturated carbocycles. The molecular weight excluding hydrogens is 276 g/mol. The number of carbonyl (C=O) groups is 1. The van der Waals surface area contributed by atoms with Gasteiger partial charge in [0.2, 0.25) is 0 Å². The van der Waals surface area contributed by atoms with Crippen molar-refractivity contribution in [1.82, 2.24) is 4.98 Å². The van der Waals surface area contributed by atoms with Crippen LogP contribution in [0.15, 0.2) is 42.7 Å². The number of amides is 1. The van der Waals surface area contributed by atoms with Crippen LogP contribution in [-0.4, -0.2) is 17.0 Å². The molecule has 1 N–H and O–H groups in total. The number of hydrogen-bond acceptors (Lipinski definition) is 3. The highest BCUT2D eigenvalue weighted by molar-refractivity contribution is 6.32. The van der Waals surface area contributed by atoms with Crippen molar-refractivity contribution in [3.63, 3.8) is 0 Å². The Labute approximate surface area is 122 Å². The quantitative estimate of drug-likeness (QED) is 0.932. The SMILES string of the molecule is CC(C)Oc1ccc(NC(=O)c2cccnc2)cc1Cl. The van der Waals surface area contributed by atoms with Gasteiger partial charge in [0, 0.05) is 18.1 Å². The molecule has 2 rings (SSSR count). The van der Waals surface area contributed by atoms with Gasteiger partial charge in [0.05, 0.1) is 16.7 Å². The number of ether oxygens (including phenoxy) is 1. The first-order chi connectivity index (χ1) is 9.56. The number of nitrogens with one attached hydrogen (secondary N) is 1. The maximum absolute atomic E-state index is 12.0. The van der Waals surface area contributed by atoms with Crippen LogP contribution in [0.5, 0.6) is 5.75 Å². The minimum atomic E-state index is -0.230.